The molecule has 0 bridgehead atoms. The zero-order valence-corrected chi connectivity index (χ0v) is 6.65. The van der Waals surface area contributed by atoms with Crippen molar-refractivity contribution in [2.45, 2.75) is 0 Å². The van der Waals surface area contributed by atoms with Gasteiger partial charge in [0.25, 0.3) is 0 Å². The van der Waals surface area contributed by atoms with Gasteiger partial charge >= 0.3 is 7.12 Å². The lowest BCUT2D eigenvalue weighted by molar-refractivity contribution is -0.221. The van der Waals surface area contributed by atoms with Crippen molar-refractivity contribution in [1.29, 1.82) is 0 Å². The van der Waals surface area contributed by atoms with Crippen LogP contribution in [0, 0.1) is 11.6 Å². The number of phenolic OH excluding ortho intramolecular Hbond substituents is 1. The molecule has 14 heavy (non-hydrogen) atoms. The third-order valence-electron chi connectivity index (χ3n) is 1.54. The predicted octanol–water partition coefficient (Wildman–Crippen LogP) is 0.345. The van der Waals surface area contributed by atoms with Crippen molar-refractivity contribution in [2.24, 2.45) is 0 Å². The van der Waals surface area contributed by atoms with Gasteiger partial charge in [0.1, 0.15) is 5.75 Å². The molecule has 0 amide bonds. The summed E-state index contributed by atoms with van der Waals surface area (Å²) in [5.41, 5.74) is -0.838. The average molecular weight is 206 g/mol. The zero-order chi connectivity index (χ0) is 10.7. The van der Waals surface area contributed by atoms with Gasteiger partial charge in [0.15, 0.2) is 11.6 Å². The Morgan fingerprint density at radius 1 is 1.14 bits per heavy atom. The van der Waals surface area contributed by atoms with E-state index < -0.39 is 30.0 Å². The van der Waals surface area contributed by atoms with E-state index in [1.807, 2.05) is 0 Å². The van der Waals surface area contributed by atoms with Crippen molar-refractivity contribution in [3.63, 3.8) is 0 Å². The van der Waals surface area contributed by atoms with E-state index in [2.05, 4.69) is 9.61 Å². The summed E-state index contributed by atoms with van der Waals surface area (Å²) in [7, 11) is -2.01. The number of rotatable bonds is 3. The Hall–Kier alpha value is -1.22. The van der Waals surface area contributed by atoms with Crippen LogP contribution in [-0.2, 0) is 9.61 Å². The van der Waals surface area contributed by atoms with E-state index in [9.17, 15) is 8.78 Å². The summed E-state index contributed by atoms with van der Waals surface area (Å²) in [6.45, 7) is 0. The fourth-order valence-corrected chi connectivity index (χ4v) is 0.905. The Morgan fingerprint density at radius 3 is 2.21 bits per heavy atom. The lowest BCUT2D eigenvalue weighted by atomic mass is 9.78. The van der Waals surface area contributed by atoms with Crippen molar-refractivity contribution in [2.75, 3.05) is 0 Å². The molecule has 0 atom stereocenters. The molecular weight excluding hydrogens is 201 g/mol. The van der Waals surface area contributed by atoms with Crippen molar-refractivity contribution < 1.29 is 34.0 Å². The van der Waals surface area contributed by atoms with Crippen molar-refractivity contribution in [1.82, 2.24) is 0 Å². The van der Waals surface area contributed by atoms with E-state index in [0.717, 1.165) is 6.07 Å². The molecule has 0 aromatic heterocycles. The number of halogens is 2. The Morgan fingerprint density at radius 2 is 1.71 bits per heavy atom. The Bertz CT molecular complexity index is 330. The average Bonchev–Trinajstić information content (AvgIpc) is 2.19. The highest BCUT2D eigenvalue weighted by Gasteiger charge is 2.31. The van der Waals surface area contributed by atoms with E-state index in [0.29, 0.717) is 6.07 Å². The number of hydrogen-bond acceptors (Lipinski definition) is 5. The molecule has 3 N–H and O–H groups in total. The molecule has 1 aromatic rings. The Kier molecular flexibility index (Phi) is 3.36. The smallest absolute Gasteiger partial charge is 0.508 e. The van der Waals surface area contributed by atoms with Gasteiger partial charge in [-0.15, -0.1) is 0 Å². The van der Waals surface area contributed by atoms with Gasteiger partial charge in [0.2, 0.25) is 0 Å². The summed E-state index contributed by atoms with van der Waals surface area (Å²) in [6, 6.07) is 1.48. The van der Waals surface area contributed by atoms with Gasteiger partial charge in [-0.1, -0.05) is 0 Å². The maximum Gasteiger partial charge on any atom is 0.560 e. The molecule has 0 radical (unpaired) electrons. The maximum absolute atomic E-state index is 13.0. The topological polar surface area (TPSA) is 79.2 Å². The van der Waals surface area contributed by atoms with Crippen LogP contribution in [0.1, 0.15) is 0 Å². The molecule has 0 unspecified atom stereocenters. The highest BCUT2D eigenvalue weighted by Crippen LogP contribution is 2.13. The van der Waals surface area contributed by atoms with Crippen LogP contribution < -0.4 is 5.46 Å². The monoisotopic (exact) mass is 206 g/mol. The van der Waals surface area contributed by atoms with Gasteiger partial charge in [-0.05, 0) is 12.1 Å². The summed E-state index contributed by atoms with van der Waals surface area (Å²) in [6.07, 6.45) is 0. The minimum atomic E-state index is -2.01. The maximum atomic E-state index is 13.0. The van der Waals surface area contributed by atoms with Gasteiger partial charge < -0.3 is 5.11 Å². The summed E-state index contributed by atoms with van der Waals surface area (Å²) < 4.78 is 25.6. The van der Waals surface area contributed by atoms with Crippen LogP contribution in [0.15, 0.2) is 12.1 Å². The van der Waals surface area contributed by atoms with Crippen LogP contribution in [0.4, 0.5) is 8.78 Å². The first-order chi connectivity index (χ1) is 6.61. The van der Waals surface area contributed by atoms with Crippen LogP contribution in [0.5, 0.6) is 5.75 Å². The molecule has 0 spiro atoms. The first-order valence-corrected chi connectivity index (χ1v) is 3.39. The fourth-order valence-electron chi connectivity index (χ4n) is 0.905. The van der Waals surface area contributed by atoms with E-state index in [4.69, 9.17) is 15.6 Å². The fraction of sp³-hybridized carbons (Fsp3) is 0. The number of benzene rings is 1. The van der Waals surface area contributed by atoms with E-state index >= 15 is 0 Å². The quantitative estimate of drug-likeness (QED) is 0.377. The molecule has 0 saturated heterocycles. The second-order valence-electron chi connectivity index (χ2n) is 2.34. The minimum Gasteiger partial charge on any atom is -0.508 e. The molecule has 0 heterocycles. The molecule has 0 aliphatic heterocycles. The van der Waals surface area contributed by atoms with E-state index in [1.54, 1.807) is 0 Å². The second kappa shape index (κ2) is 4.33. The highest BCUT2D eigenvalue weighted by atomic mass is 19.2. The molecule has 8 heteroatoms. The van der Waals surface area contributed by atoms with Gasteiger partial charge in [-0.25, -0.2) is 8.78 Å². The van der Waals surface area contributed by atoms with Gasteiger partial charge in [-0.3, -0.25) is 20.1 Å². The molecule has 1 aromatic carbocycles. The predicted molar refractivity (Wildman–Crippen MR) is 40.8 cm³/mol. The zero-order valence-electron chi connectivity index (χ0n) is 6.65. The van der Waals surface area contributed by atoms with Crippen molar-refractivity contribution in [3.8, 4) is 5.75 Å². The third kappa shape index (κ3) is 1.83. The lowest BCUT2D eigenvalue weighted by Gasteiger charge is -2.08. The third-order valence-corrected chi connectivity index (χ3v) is 1.54. The van der Waals surface area contributed by atoms with Crippen LogP contribution in [0.2, 0.25) is 0 Å². The molecule has 0 saturated carbocycles. The van der Waals surface area contributed by atoms with E-state index in [1.165, 1.54) is 0 Å². The molecule has 5 nitrogen and oxygen atoms in total. The van der Waals surface area contributed by atoms with Gasteiger partial charge in [0, 0.05) is 0 Å². The number of aromatic hydroxyl groups is 1. The largest absolute Gasteiger partial charge is 0.560 e. The van der Waals surface area contributed by atoms with E-state index in [-0.39, 0.29) is 0 Å². The Labute approximate surface area is 77.1 Å². The minimum absolute atomic E-state index is 0.667. The van der Waals surface area contributed by atoms with Gasteiger partial charge in [0.05, 0.1) is 5.46 Å². The second-order valence-corrected chi connectivity index (χ2v) is 2.34. The summed E-state index contributed by atoms with van der Waals surface area (Å²) in [5.74, 6) is -3.49. The molecule has 76 valence electrons. The molecule has 0 fully saturated rings. The molecule has 0 aliphatic carbocycles. The first kappa shape index (κ1) is 10.9. The van der Waals surface area contributed by atoms with Crippen LogP contribution in [0.25, 0.3) is 0 Å². The summed E-state index contributed by atoms with van der Waals surface area (Å²) >= 11 is 0. The van der Waals surface area contributed by atoms with Crippen LogP contribution in [0.3, 0.4) is 0 Å². The van der Waals surface area contributed by atoms with Crippen molar-refractivity contribution >= 4 is 12.6 Å². The SMILES string of the molecule is OOB(OO)c1c(O)ccc(F)c1F. The normalized spacial score (nSPS) is 10.3. The number of phenols is 1. The standard InChI is InChI=1S/C6H5BF2O5/c8-3-1-2-4(10)5(6(3)9)7(13-11)14-12/h1-2,10-12H. The molecule has 1 rings (SSSR count). The number of hydrogen-bond donors (Lipinski definition) is 3. The van der Waals surface area contributed by atoms with Crippen LogP contribution in [-0.4, -0.2) is 22.7 Å². The summed E-state index contributed by atoms with van der Waals surface area (Å²) in [5, 5.41) is 25.3. The first-order valence-electron chi connectivity index (χ1n) is 3.39. The Balaban J connectivity index is 3.23. The van der Waals surface area contributed by atoms with Crippen molar-refractivity contribution in [3.05, 3.63) is 23.8 Å². The molecule has 0 aliphatic rings. The highest BCUT2D eigenvalue weighted by molar-refractivity contribution is 6.61. The molecular formula is C6H5BF2O5. The lowest BCUT2D eigenvalue weighted by Crippen LogP contribution is -2.38. The summed E-state index contributed by atoms with van der Waals surface area (Å²) in [4.78, 5) is 6.93. The van der Waals surface area contributed by atoms with Gasteiger partial charge in [-0.2, -0.15) is 0 Å². The van der Waals surface area contributed by atoms with Crippen LogP contribution >= 0.6 is 0 Å².